The second kappa shape index (κ2) is 17.4. The molecule has 2 aromatic carbocycles. The van der Waals surface area contributed by atoms with E-state index in [0.717, 1.165) is 72.1 Å². The van der Waals surface area contributed by atoms with Gasteiger partial charge in [-0.05, 0) is 155 Å². The smallest absolute Gasteiger partial charge is 0.165 e. The van der Waals surface area contributed by atoms with Crippen LogP contribution >= 0.6 is 0 Å². The van der Waals surface area contributed by atoms with E-state index < -0.39 is 6.17 Å². The van der Waals surface area contributed by atoms with Crippen LogP contribution in [0, 0.1) is 30.6 Å². The Labute approximate surface area is 363 Å². The fraction of sp³-hybridized carbons (Fsp3) is 0.490. The highest BCUT2D eigenvalue weighted by Gasteiger charge is 2.54. The Balaban J connectivity index is 0.000000184. The molecule has 322 valence electrons. The zero-order chi connectivity index (χ0) is 43.1. The van der Waals surface area contributed by atoms with E-state index in [1.807, 2.05) is 37.5 Å². The molecular weight excluding hydrogens is 758 g/mol. The fourth-order valence-corrected chi connectivity index (χ4v) is 10.9. The number of hydrogen-bond donors (Lipinski definition) is 2. The maximum atomic E-state index is 14.4. The number of nitrogens with zero attached hydrogens (tertiary/aromatic N) is 7. The van der Waals surface area contributed by atoms with Gasteiger partial charge in [-0.3, -0.25) is 14.8 Å². The fourth-order valence-electron chi connectivity index (χ4n) is 10.9. The van der Waals surface area contributed by atoms with Crippen LogP contribution in [0.4, 0.5) is 21.6 Å². The van der Waals surface area contributed by atoms with Crippen molar-refractivity contribution in [2.45, 2.75) is 105 Å². The molecule has 2 bridgehead atoms. The molecule has 0 radical (unpaired) electrons. The van der Waals surface area contributed by atoms with E-state index in [2.05, 4.69) is 107 Å². The summed E-state index contributed by atoms with van der Waals surface area (Å²) in [6, 6.07) is 14.5. The first-order valence-electron chi connectivity index (χ1n) is 22.5. The highest BCUT2D eigenvalue weighted by Crippen LogP contribution is 2.65. The molecule has 4 aliphatic rings. The first kappa shape index (κ1) is 42.7. The lowest BCUT2D eigenvalue weighted by molar-refractivity contribution is 0.181. The SMILES string of the molecule is C=Cc1nc2c(n1C)CCN(CCC13CCC(C(=C)C)(CC1)C3)C2.CNc1cccc(-c2cccc(Nc3nc(C(C)F)nc4cc(CN5CCC(C)C5)cnc34)c2C)c1C. The highest BCUT2D eigenvalue weighted by molar-refractivity contribution is 5.89. The van der Waals surface area contributed by atoms with Gasteiger partial charge in [0, 0.05) is 70.0 Å². The van der Waals surface area contributed by atoms with Gasteiger partial charge in [-0.15, -0.1) is 0 Å². The van der Waals surface area contributed by atoms with Gasteiger partial charge >= 0.3 is 0 Å². The van der Waals surface area contributed by atoms with Gasteiger partial charge in [0.15, 0.2) is 17.8 Å². The van der Waals surface area contributed by atoms with E-state index in [1.54, 1.807) is 0 Å². The molecule has 0 amide bonds. The Bertz CT molecular complexity index is 2420. The average molecular weight is 824 g/mol. The summed E-state index contributed by atoms with van der Waals surface area (Å²) in [6.07, 6.45) is 13.2. The summed E-state index contributed by atoms with van der Waals surface area (Å²) in [4.78, 5) is 23.6. The summed E-state index contributed by atoms with van der Waals surface area (Å²) in [5.74, 6) is 2.41. The van der Waals surface area contributed by atoms with Crippen LogP contribution in [-0.2, 0) is 26.6 Å². The number of likely N-dealkylation sites (tertiary alicyclic amines) is 1. The van der Waals surface area contributed by atoms with Crippen LogP contribution in [-0.4, -0.2) is 67.5 Å². The topological polar surface area (TPSA) is 87.0 Å². The number of benzene rings is 2. The van der Waals surface area contributed by atoms with Crippen molar-refractivity contribution in [3.63, 3.8) is 0 Å². The summed E-state index contributed by atoms with van der Waals surface area (Å²) in [7, 11) is 4.05. The molecule has 0 spiro atoms. The summed E-state index contributed by atoms with van der Waals surface area (Å²) < 4.78 is 16.7. The number of nitrogens with one attached hydrogen (secondary N) is 2. The highest BCUT2D eigenvalue weighted by atomic mass is 19.1. The van der Waals surface area contributed by atoms with E-state index in [4.69, 9.17) is 9.97 Å². The number of rotatable bonds is 12. The Kier molecular flexibility index (Phi) is 12.2. The monoisotopic (exact) mass is 824 g/mol. The lowest BCUT2D eigenvalue weighted by Gasteiger charge is -2.32. The molecule has 61 heavy (non-hydrogen) atoms. The third kappa shape index (κ3) is 8.63. The molecule has 2 aliphatic heterocycles. The van der Waals surface area contributed by atoms with E-state index in [9.17, 15) is 4.39 Å². The number of pyridine rings is 1. The third-order valence-corrected chi connectivity index (χ3v) is 14.8. The minimum absolute atomic E-state index is 0.162. The number of halogens is 1. The largest absolute Gasteiger partial charge is 0.388 e. The van der Waals surface area contributed by atoms with Gasteiger partial charge in [0.05, 0.1) is 11.2 Å². The molecule has 9 rings (SSSR count). The number of hydrogen-bond acceptors (Lipinski definition) is 8. The van der Waals surface area contributed by atoms with Crippen molar-refractivity contribution in [2.24, 2.45) is 23.8 Å². The second-order valence-corrected chi connectivity index (χ2v) is 18.9. The summed E-state index contributed by atoms with van der Waals surface area (Å²) in [5.41, 5.74) is 14.2. The van der Waals surface area contributed by atoms with Gasteiger partial charge < -0.3 is 15.2 Å². The Morgan fingerprint density at radius 1 is 1.00 bits per heavy atom. The predicted molar refractivity (Wildman–Crippen MR) is 250 cm³/mol. The molecule has 1 saturated heterocycles. The van der Waals surface area contributed by atoms with Gasteiger partial charge in [0.1, 0.15) is 11.3 Å². The molecule has 2 atom stereocenters. The third-order valence-electron chi connectivity index (χ3n) is 14.8. The summed E-state index contributed by atoms with van der Waals surface area (Å²) in [5, 5.41) is 6.73. The number of imidazole rings is 1. The van der Waals surface area contributed by atoms with E-state index in [1.165, 1.54) is 87.5 Å². The van der Waals surface area contributed by atoms with Crippen molar-refractivity contribution >= 4 is 34.3 Å². The first-order chi connectivity index (χ1) is 29.3. The minimum atomic E-state index is -1.28. The van der Waals surface area contributed by atoms with E-state index in [-0.39, 0.29) is 5.82 Å². The van der Waals surface area contributed by atoms with Crippen molar-refractivity contribution in [3.8, 4) is 11.1 Å². The van der Waals surface area contributed by atoms with E-state index >= 15 is 0 Å². The van der Waals surface area contributed by atoms with Gasteiger partial charge in [-0.25, -0.2) is 19.3 Å². The van der Waals surface area contributed by atoms with Crippen LogP contribution in [0.1, 0.15) is 112 Å². The van der Waals surface area contributed by atoms with Crippen LogP contribution in [0.25, 0.3) is 28.2 Å². The molecule has 9 nitrogen and oxygen atoms in total. The standard InChI is InChI=1S/C30H35FN6.C21H31N3/c1-18-12-13-37(16-18)17-22-14-27-28(33-15-22)30(36-29(35-27)21(4)31)34-26-11-7-9-24(20(26)3)23-8-6-10-25(32-5)19(23)2;1-5-19-22-17-14-24(12-6-18(17)23(19)4)13-11-20-7-9-21(15-20,10-8-20)16(2)3/h6-11,14-15,18,21,32H,12-13,16-17H2,1-5H3,(H,34,35,36);5H,1-2,6-15H2,3-4H3. The van der Waals surface area contributed by atoms with Crippen molar-refractivity contribution in [1.29, 1.82) is 0 Å². The molecule has 3 fully saturated rings. The van der Waals surface area contributed by atoms with Crippen LogP contribution in [0.2, 0.25) is 0 Å². The lowest BCUT2D eigenvalue weighted by Crippen LogP contribution is -2.34. The van der Waals surface area contributed by atoms with Crippen molar-refractivity contribution in [3.05, 3.63) is 107 Å². The molecule has 5 aromatic rings. The molecule has 2 aliphatic carbocycles. The van der Waals surface area contributed by atoms with Crippen LogP contribution in [0.15, 0.2) is 67.4 Å². The van der Waals surface area contributed by atoms with Gasteiger partial charge in [-0.2, -0.15) is 0 Å². The number of aromatic nitrogens is 5. The molecule has 10 heteroatoms. The van der Waals surface area contributed by atoms with Gasteiger partial charge in [-0.1, -0.05) is 49.9 Å². The lowest BCUT2D eigenvalue weighted by atomic mass is 9.78. The summed E-state index contributed by atoms with van der Waals surface area (Å²) in [6.45, 7) is 24.8. The Morgan fingerprint density at radius 3 is 2.36 bits per heavy atom. The Morgan fingerprint density at radius 2 is 1.72 bits per heavy atom. The molecule has 5 heterocycles. The van der Waals surface area contributed by atoms with Gasteiger partial charge in [0.2, 0.25) is 0 Å². The first-order valence-corrected chi connectivity index (χ1v) is 22.5. The summed E-state index contributed by atoms with van der Waals surface area (Å²) >= 11 is 0. The minimum Gasteiger partial charge on any atom is -0.388 e. The van der Waals surface area contributed by atoms with Crippen LogP contribution < -0.4 is 10.6 Å². The van der Waals surface area contributed by atoms with Crippen LogP contribution in [0.5, 0.6) is 0 Å². The molecular formula is C51H66FN9. The molecule has 2 unspecified atom stereocenters. The van der Waals surface area contributed by atoms with Crippen LogP contribution in [0.3, 0.4) is 0 Å². The van der Waals surface area contributed by atoms with Crippen molar-refractivity contribution < 1.29 is 4.39 Å². The number of fused-ring (bicyclic) bond motifs is 4. The maximum Gasteiger partial charge on any atom is 0.165 e. The zero-order valence-corrected chi connectivity index (χ0v) is 37.7. The number of allylic oxidation sites excluding steroid dienone is 1. The second-order valence-electron chi connectivity index (χ2n) is 18.9. The molecule has 3 aromatic heterocycles. The zero-order valence-electron chi connectivity index (χ0n) is 37.7. The molecule has 2 N–H and O–H groups in total. The predicted octanol–water partition coefficient (Wildman–Crippen LogP) is 11.3. The van der Waals surface area contributed by atoms with Crippen molar-refractivity contribution in [1.82, 2.24) is 34.3 Å². The van der Waals surface area contributed by atoms with Gasteiger partial charge in [0.25, 0.3) is 0 Å². The van der Waals surface area contributed by atoms with Crippen molar-refractivity contribution in [2.75, 3.05) is 43.9 Å². The molecule has 2 saturated carbocycles. The quantitative estimate of drug-likeness (QED) is 0.120. The number of anilines is 3. The Hall–Kier alpha value is -4.93. The normalized spacial score (nSPS) is 22.8. The average Bonchev–Trinajstić information content (AvgIpc) is 4.03. The van der Waals surface area contributed by atoms with E-state index in [0.29, 0.717) is 33.6 Å². The maximum absolute atomic E-state index is 14.4. The number of alkyl halides is 1.